The molecule has 1 amide bonds. The third kappa shape index (κ3) is 5.44. The topological polar surface area (TPSA) is 75.7 Å². The molecule has 1 aromatic rings. The van der Waals surface area contributed by atoms with E-state index in [1.54, 1.807) is 6.92 Å². The molecule has 1 aliphatic rings. The normalized spacial score (nSPS) is 16.6. The number of para-hydroxylation sites is 2. The molecular formula is C18H28N2O4S. The summed E-state index contributed by atoms with van der Waals surface area (Å²) >= 11 is 0. The quantitative estimate of drug-likeness (QED) is 0.716. The highest BCUT2D eigenvalue weighted by molar-refractivity contribution is 7.89. The van der Waals surface area contributed by atoms with Crippen molar-refractivity contribution >= 4 is 21.6 Å². The summed E-state index contributed by atoms with van der Waals surface area (Å²) < 4.78 is 31.0. The average molecular weight is 368 g/mol. The molecule has 2 rings (SSSR count). The minimum Gasteiger partial charge on any atom is -0.491 e. The summed E-state index contributed by atoms with van der Waals surface area (Å²) in [5, 5.41) is 2.94. The first-order valence-corrected chi connectivity index (χ1v) is 10.6. The summed E-state index contributed by atoms with van der Waals surface area (Å²) in [6, 6.07) is 7.42. The number of benzene rings is 1. The van der Waals surface area contributed by atoms with Crippen molar-refractivity contribution in [2.75, 3.05) is 30.8 Å². The second kappa shape index (κ2) is 9.20. The van der Waals surface area contributed by atoms with Gasteiger partial charge in [-0.15, -0.1) is 0 Å². The van der Waals surface area contributed by atoms with Crippen LogP contribution in [-0.4, -0.2) is 44.1 Å². The molecule has 7 heteroatoms. The standard InChI is InChI=1S/C18H28N2O4S/c1-3-5-14-24-17-9-7-6-8-16(17)19-18(21)15-10-12-20(13-11-15)25(22,23)4-2/h6-9,15H,3-5,10-14H2,1-2H3,(H,19,21). The van der Waals surface area contributed by atoms with E-state index in [0.717, 1.165) is 12.8 Å². The van der Waals surface area contributed by atoms with Crippen LogP contribution in [0.4, 0.5) is 5.69 Å². The van der Waals surface area contributed by atoms with Crippen molar-refractivity contribution in [1.82, 2.24) is 4.31 Å². The zero-order chi connectivity index (χ0) is 18.3. The zero-order valence-corrected chi connectivity index (χ0v) is 15.8. The third-order valence-electron chi connectivity index (χ3n) is 4.48. The van der Waals surface area contributed by atoms with Crippen LogP contribution in [0.3, 0.4) is 0 Å². The minimum absolute atomic E-state index is 0.0694. The summed E-state index contributed by atoms with van der Waals surface area (Å²) in [6.45, 7) is 5.17. The van der Waals surface area contributed by atoms with E-state index < -0.39 is 10.0 Å². The summed E-state index contributed by atoms with van der Waals surface area (Å²) in [7, 11) is -3.17. The second-order valence-electron chi connectivity index (χ2n) is 6.26. The zero-order valence-electron chi connectivity index (χ0n) is 15.0. The van der Waals surface area contributed by atoms with Gasteiger partial charge in [0.05, 0.1) is 18.0 Å². The number of ether oxygens (including phenoxy) is 1. The van der Waals surface area contributed by atoms with Crippen LogP contribution in [0.25, 0.3) is 0 Å². The van der Waals surface area contributed by atoms with Gasteiger partial charge < -0.3 is 10.1 Å². The second-order valence-corrected chi connectivity index (χ2v) is 8.52. The molecular weight excluding hydrogens is 340 g/mol. The number of unbranched alkanes of at least 4 members (excludes halogenated alkanes) is 1. The molecule has 140 valence electrons. The van der Waals surface area contributed by atoms with Crippen molar-refractivity contribution < 1.29 is 17.9 Å². The van der Waals surface area contributed by atoms with Gasteiger partial charge >= 0.3 is 0 Å². The number of hydrogen-bond acceptors (Lipinski definition) is 4. The summed E-state index contributed by atoms with van der Waals surface area (Å²) in [6.07, 6.45) is 3.11. The van der Waals surface area contributed by atoms with Gasteiger partial charge in [0.15, 0.2) is 0 Å². The molecule has 1 N–H and O–H groups in total. The van der Waals surface area contributed by atoms with Gasteiger partial charge in [-0.3, -0.25) is 4.79 Å². The van der Waals surface area contributed by atoms with Crippen LogP contribution in [0.5, 0.6) is 5.75 Å². The lowest BCUT2D eigenvalue weighted by Gasteiger charge is -2.30. The lowest BCUT2D eigenvalue weighted by molar-refractivity contribution is -0.120. The molecule has 0 aromatic heterocycles. The van der Waals surface area contributed by atoms with Gasteiger partial charge in [0.25, 0.3) is 0 Å². The largest absolute Gasteiger partial charge is 0.491 e. The Labute approximate surface area is 150 Å². The Morgan fingerprint density at radius 3 is 2.56 bits per heavy atom. The molecule has 0 saturated carbocycles. The van der Waals surface area contributed by atoms with Gasteiger partial charge in [-0.1, -0.05) is 25.5 Å². The van der Waals surface area contributed by atoms with Crippen molar-refractivity contribution in [3.8, 4) is 5.75 Å². The number of carbonyl (C=O) groups is 1. The number of rotatable bonds is 8. The van der Waals surface area contributed by atoms with Crippen LogP contribution in [0.2, 0.25) is 0 Å². The van der Waals surface area contributed by atoms with Crippen molar-refractivity contribution in [3.63, 3.8) is 0 Å². The smallest absolute Gasteiger partial charge is 0.227 e. The van der Waals surface area contributed by atoms with Gasteiger partial charge in [0.1, 0.15) is 5.75 Å². The predicted molar refractivity (Wildman–Crippen MR) is 99.2 cm³/mol. The molecule has 1 heterocycles. The maximum Gasteiger partial charge on any atom is 0.227 e. The van der Waals surface area contributed by atoms with Gasteiger partial charge in [-0.2, -0.15) is 0 Å². The fourth-order valence-corrected chi connectivity index (χ4v) is 3.97. The first-order valence-electron chi connectivity index (χ1n) is 8.98. The van der Waals surface area contributed by atoms with Crippen LogP contribution < -0.4 is 10.1 Å². The van der Waals surface area contributed by atoms with E-state index in [9.17, 15) is 13.2 Å². The number of hydrogen-bond donors (Lipinski definition) is 1. The molecule has 25 heavy (non-hydrogen) atoms. The Balaban J connectivity index is 1.93. The van der Waals surface area contributed by atoms with Crippen LogP contribution in [-0.2, 0) is 14.8 Å². The summed E-state index contributed by atoms with van der Waals surface area (Å²) in [5.74, 6) is 0.536. The van der Waals surface area contributed by atoms with E-state index in [0.29, 0.717) is 44.0 Å². The number of anilines is 1. The van der Waals surface area contributed by atoms with Gasteiger partial charge in [-0.05, 0) is 38.3 Å². The molecule has 0 unspecified atom stereocenters. The van der Waals surface area contributed by atoms with E-state index in [-0.39, 0.29) is 17.6 Å². The third-order valence-corrected chi connectivity index (χ3v) is 6.36. The van der Waals surface area contributed by atoms with Crippen LogP contribution in [0.15, 0.2) is 24.3 Å². The van der Waals surface area contributed by atoms with Crippen molar-refractivity contribution in [3.05, 3.63) is 24.3 Å². The molecule has 1 saturated heterocycles. The minimum atomic E-state index is -3.17. The Kier molecular flexibility index (Phi) is 7.25. The van der Waals surface area contributed by atoms with E-state index in [1.807, 2.05) is 24.3 Å². The monoisotopic (exact) mass is 368 g/mol. The Bertz CT molecular complexity index is 667. The number of sulfonamides is 1. The summed E-state index contributed by atoms with van der Waals surface area (Å²) in [4.78, 5) is 12.5. The van der Waals surface area contributed by atoms with Crippen molar-refractivity contribution in [2.24, 2.45) is 5.92 Å². The van der Waals surface area contributed by atoms with Crippen LogP contribution in [0, 0.1) is 5.92 Å². The molecule has 1 aromatic carbocycles. The van der Waals surface area contributed by atoms with E-state index >= 15 is 0 Å². The Hall–Kier alpha value is -1.60. The highest BCUT2D eigenvalue weighted by atomic mass is 32.2. The molecule has 0 aliphatic carbocycles. The van der Waals surface area contributed by atoms with Crippen molar-refractivity contribution in [1.29, 1.82) is 0 Å². The molecule has 0 bridgehead atoms. The predicted octanol–water partition coefficient (Wildman–Crippen LogP) is 2.87. The van der Waals surface area contributed by atoms with E-state index in [2.05, 4.69) is 12.2 Å². The molecule has 1 fully saturated rings. The highest BCUT2D eigenvalue weighted by Gasteiger charge is 2.30. The maximum absolute atomic E-state index is 12.5. The van der Waals surface area contributed by atoms with Gasteiger partial charge in [0, 0.05) is 19.0 Å². The van der Waals surface area contributed by atoms with Crippen LogP contribution >= 0.6 is 0 Å². The molecule has 0 radical (unpaired) electrons. The molecule has 1 aliphatic heterocycles. The number of piperidine rings is 1. The van der Waals surface area contributed by atoms with Gasteiger partial charge in [0.2, 0.25) is 15.9 Å². The summed E-state index contributed by atoms with van der Waals surface area (Å²) in [5.41, 5.74) is 0.673. The first kappa shape index (κ1) is 19.7. The van der Waals surface area contributed by atoms with E-state index in [1.165, 1.54) is 4.31 Å². The molecule has 0 atom stereocenters. The fourth-order valence-electron chi connectivity index (χ4n) is 2.84. The maximum atomic E-state index is 12.5. The SMILES string of the molecule is CCCCOc1ccccc1NC(=O)C1CCN(S(=O)(=O)CC)CC1. The Morgan fingerprint density at radius 2 is 1.92 bits per heavy atom. The average Bonchev–Trinajstić information content (AvgIpc) is 2.63. The lowest BCUT2D eigenvalue weighted by atomic mass is 9.97. The van der Waals surface area contributed by atoms with Crippen molar-refractivity contribution in [2.45, 2.75) is 39.5 Å². The number of amides is 1. The van der Waals surface area contributed by atoms with Crippen LogP contribution in [0.1, 0.15) is 39.5 Å². The number of nitrogens with one attached hydrogen (secondary N) is 1. The molecule has 6 nitrogen and oxygen atoms in total. The fraction of sp³-hybridized carbons (Fsp3) is 0.611. The molecule has 0 spiro atoms. The first-order chi connectivity index (χ1) is 12.0. The van der Waals surface area contributed by atoms with Gasteiger partial charge in [-0.25, -0.2) is 12.7 Å². The number of carbonyl (C=O) groups excluding carboxylic acids is 1. The highest BCUT2D eigenvalue weighted by Crippen LogP contribution is 2.27. The van der Waals surface area contributed by atoms with E-state index in [4.69, 9.17) is 4.74 Å². The lowest BCUT2D eigenvalue weighted by Crippen LogP contribution is -2.42. The Morgan fingerprint density at radius 1 is 1.24 bits per heavy atom. The number of nitrogens with zero attached hydrogens (tertiary/aromatic N) is 1.